The number of hydrazine groups is 1. The molecule has 0 bridgehead atoms. The third-order valence-electron chi connectivity index (χ3n) is 2.08. The summed E-state index contributed by atoms with van der Waals surface area (Å²) in [5, 5.41) is 0. The fourth-order valence-electron chi connectivity index (χ4n) is 1.31. The maximum absolute atomic E-state index is 10.9. The summed E-state index contributed by atoms with van der Waals surface area (Å²) in [5.41, 5.74) is 2.57. The van der Waals surface area contributed by atoms with E-state index in [4.69, 9.17) is 5.84 Å². The number of sulfone groups is 1. The largest absolute Gasteiger partial charge is 0.271 e. The second kappa shape index (κ2) is 3.51. The summed E-state index contributed by atoms with van der Waals surface area (Å²) < 4.78 is 21.9. The molecule has 1 heterocycles. The molecule has 0 aliphatic carbocycles. The molecule has 1 fully saturated rings. The molecule has 3 N–H and O–H groups in total. The fraction of sp³-hybridized carbons (Fsp3) is 1.00. The molecule has 0 atom stereocenters. The lowest BCUT2D eigenvalue weighted by atomic mass is 10.0. The van der Waals surface area contributed by atoms with Crippen molar-refractivity contribution >= 4 is 9.84 Å². The van der Waals surface area contributed by atoms with Crippen LogP contribution >= 0.6 is 0 Å². The Kier molecular flexibility index (Phi) is 2.86. The SMILES string of the molecule is NNCC1CCS(=O)(=O)CC1. The van der Waals surface area contributed by atoms with Gasteiger partial charge < -0.3 is 0 Å². The van der Waals surface area contributed by atoms with Crippen LogP contribution in [0.4, 0.5) is 0 Å². The second-order valence-corrected chi connectivity index (χ2v) is 5.31. The molecule has 1 saturated heterocycles. The highest BCUT2D eigenvalue weighted by Crippen LogP contribution is 2.17. The van der Waals surface area contributed by atoms with E-state index in [0.29, 0.717) is 17.4 Å². The van der Waals surface area contributed by atoms with Crippen molar-refractivity contribution in [3.63, 3.8) is 0 Å². The van der Waals surface area contributed by atoms with Gasteiger partial charge >= 0.3 is 0 Å². The summed E-state index contributed by atoms with van der Waals surface area (Å²) in [6, 6.07) is 0. The van der Waals surface area contributed by atoms with Gasteiger partial charge in [0.15, 0.2) is 0 Å². The van der Waals surface area contributed by atoms with Crippen molar-refractivity contribution in [2.24, 2.45) is 11.8 Å². The van der Waals surface area contributed by atoms with Gasteiger partial charge in [0.2, 0.25) is 0 Å². The molecular weight excluding hydrogens is 164 g/mol. The molecule has 0 spiro atoms. The first kappa shape index (κ1) is 8.96. The molecule has 0 aromatic heterocycles. The maximum Gasteiger partial charge on any atom is 0.150 e. The zero-order valence-electron chi connectivity index (χ0n) is 6.41. The van der Waals surface area contributed by atoms with Gasteiger partial charge in [0.05, 0.1) is 11.5 Å². The Morgan fingerprint density at radius 1 is 1.36 bits per heavy atom. The predicted molar refractivity (Wildman–Crippen MR) is 43.6 cm³/mol. The van der Waals surface area contributed by atoms with Crippen LogP contribution in [0, 0.1) is 5.92 Å². The van der Waals surface area contributed by atoms with Crippen LogP contribution in [0.25, 0.3) is 0 Å². The van der Waals surface area contributed by atoms with Crippen LogP contribution in [0.1, 0.15) is 12.8 Å². The predicted octanol–water partition coefficient (Wildman–Crippen LogP) is -0.726. The lowest BCUT2D eigenvalue weighted by molar-refractivity contribution is 0.437. The van der Waals surface area contributed by atoms with Crippen LogP contribution in [0.3, 0.4) is 0 Å². The topological polar surface area (TPSA) is 72.2 Å². The zero-order chi connectivity index (χ0) is 8.32. The standard InChI is InChI=1S/C6H14N2O2S/c7-8-5-6-1-3-11(9,10)4-2-6/h6,8H,1-5,7H2. The molecule has 0 saturated carbocycles. The molecule has 0 amide bonds. The second-order valence-electron chi connectivity index (χ2n) is 3.00. The minimum Gasteiger partial charge on any atom is -0.271 e. The smallest absolute Gasteiger partial charge is 0.150 e. The summed E-state index contributed by atoms with van der Waals surface area (Å²) in [6.45, 7) is 0.732. The molecule has 5 heteroatoms. The van der Waals surface area contributed by atoms with Crippen molar-refractivity contribution in [2.45, 2.75) is 12.8 Å². The van der Waals surface area contributed by atoms with E-state index in [0.717, 1.165) is 19.4 Å². The first-order chi connectivity index (χ1) is 5.14. The van der Waals surface area contributed by atoms with Crippen LogP contribution < -0.4 is 11.3 Å². The number of hydrogen-bond acceptors (Lipinski definition) is 4. The summed E-state index contributed by atoms with van der Waals surface area (Å²) in [4.78, 5) is 0. The molecule has 11 heavy (non-hydrogen) atoms. The highest BCUT2D eigenvalue weighted by atomic mass is 32.2. The van der Waals surface area contributed by atoms with Gasteiger partial charge in [0.25, 0.3) is 0 Å². The zero-order valence-corrected chi connectivity index (χ0v) is 7.23. The Balaban J connectivity index is 2.36. The molecule has 1 aliphatic rings. The van der Waals surface area contributed by atoms with Crippen LogP contribution in [-0.2, 0) is 9.84 Å². The third-order valence-corrected chi connectivity index (χ3v) is 3.80. The van der Waals surface area contributed by atoms with Gasteiger partial charge in [0.1, 0.15) is 9.84 Å². The van der Waals surface area contributed by atoms with Gasteiger partial charge in [-0.25, -0.2) is 8.42 Å². The van der Waals surface area contributed by atoms with Gasteiger partial charge in [0, 0.05) is 6.54 Å². The molecule has 0 unspecified atom stereocenters. The van der Waals surface area contributed by atoms with E-state index in [-0.39, 0.29) is 0 Å². The quantitative estimate of drug-likeness (QED) is 0.432. The average Bonchev–Trinajstić information content (AvgIpc) is 1.94. The Bertz CT molecular complexity index is 199. The molecule has 0 aromatic carbocycles. The minimum atomic E-state index is -2.70. The number of nitrogens with one attached hydrogen (secondary N) is 1. The Hall–Kier alpha value is -0.130. The van der Waals surface area contributed by atoms with Gasteiger partial charge in [-0.2, -0.15) is 0 Å². The highest BCUT2D eigenvalue weighted by molar-refractivity contribution is 7.91. The summed E-state index contributed by atoms with van der Waals surface area (Å²) >= 11 is 0. The fourth-order valence-corrected chi connectivity index (χ4v) is 2.90. The summed E-state index contributed by atoms with van der Waals surface area (Å²) in [7, 11) is -2.70. The van der Waals surface area contributed by atoms with Crippen molar-refractivity contribution in [3.05, 3.63) is 0 Å². The van der Waals surface area contributed by atoms with Crippen molar-refractivity contribution in [3.8, 4) is 0 Å². The van der Waals surface area contributed by atoms with E-state index in [2.05, 4.69) is 5.43 Å². The van der Waals surface area contributed by atoms with Crippen LogP contribution in [-0.4, -0.2) is 26.5 Å². The monoisotopic (exact) mass is 178 g/mol. The van der Waals surface area contributed by atoms with E-state index in [1.54, 1.807) is 0 Å². The normalized spacial score (nSPS) is 25.2. The first-order valence-corrected chi connectivity index (χ1v) is 5.60. The lowest BCUT2D eigenvalue weighted by Gasteiger charge is -2.20. The number of nitrogens with two attached hydrogens (primary N) is 1. The highest BCUT2D eigenvalue weighted by Gasteiger charge is 2.22. The molecular formula is C6H14N2O2S. The Labute approximate surface area is 67.0 Å². The minimum absolute atomic E-state index is 0.333. The van der Waals surface area contributed by atoms with E-state index >= 15 is 0 Å². The Morgan fingerprint density at radius 2 is 1.91 bits per heavy atom. The average molecular weight is 178 g/mol. The van der Waals surface area contributed by atoms with Gasteiger partial charge in [-0.1, -0.05) is 0 Å². The van der Waals surface area contributed by atoms with Gasteiger partial charge in [-0.15, -0.1) is 0 Å². The number of rotatable bonds is 2. The van der Waals surface area contributed by atoms with E-state index < -0.39 is 9.84 Å². The maximum atomic E-state index is 10.9. The molecule has 1 aliphatic heterocycles. The molecule has 1 rings (SSSR count). The molecule has 0 aromatic rings. The van der Waals surface area contributed by atoms with E-state index in [9.17, 15) is 8.42 Å². The van der Waals surface area contributed by atoms with Crippen molar-refractivity contribution in [1.82, 2.24) is 5.43 Å². The lowest BCUT2D eigenvalue weighted by Crippen LogP contribution is -2.34. The Morgan fingerprint density at radius 3 is 2.36 bits per heavy atom. The van der Waals surface area contributed by atoms with Gasteiger partial charge in [-0.05, 0) is 18.8 Å². The summed E-state index contributed by atoms with van der Waals surface area (Å²) in [6.07, 6.45) is 1.51. The van der Waals surface area contributed by atoms with Gasteiger partial charge in [-0.3, -0.25) is 11.3 Å². The summed E-state index contributed by atoms with van der Waals surface area (Å²) in [5.74, 6) is 6.24. The van der Waals surface area contributed by atoms with E-state index in [1.165, 1.54) is 0 Å². The van der Waals surface area contributed by atoms with Crippen LogP contribution in [0.2, 0.25) is 0 Å². The van der Waals surface area contributed by atoms with Crippen molar-refractivity contribution in [2.75, 3.05) is 18.1 Å². The van der Waals surface area contributed by atoms with Crippen molar-refractivity contribution in [1.29, 1.82) is 0 Å². The third kappa shape index (κ3) is 2.76. The number of hydrogen-bond donors (Lipinski definition) is 2. The molecule has 4 nitrogen and oxygen atoms in total. The molecule has 0 radical (unpaired) electrons. The molecule has 66 valence electrons. The van der Waals surface area contributed by atoms with E-state index in [1.807, 2.05) is 0 Å². The van der Waals surface area contributed by atoms with Crippen molar-refractivity contribution < 1.29 is 8.42 Å². The first-order valence-electron chi connectivity index (χ1n) is 3.78. The van der Waals surface area contributed by atoms with Crippen LogP contribution in [0.15, 0.2) is 0 Å². The van der Waals surface area contributed by atoms with Crippen LogP contribution in [0.5, 0.6) is 0 Å².